The maximum absolute atomic E-state index is 12.8. The third kappa shape index (κ3) is 3.70. The summed E-state index contributed by atoms with van der Waals surface area (Å²) in [6, 6.07) is 18.7. The molecule has 1 atom stereocenters. The largest absolute Gasteiger partial charge is 0.298 e. The van der Waals surface area contributed by atoms with Gasteiger partial charge < -0.3 is 0 Å². The van der Waals surface area contributed by atoms with Gasteiger partial charge in [0, 0.05) is 22.5 Å². The smallest absolute Gasteiger partial charge is 0.261 e. The van der Waals surface area contributed by atoms with Gasteiger partial charge in [0.1, 0.15) is 0 Å². The van der Waals surface area contributed by atoms with Crippen molar-refractivity contribution in [3.63, 3.8) is 0 Å². The van der Waals surface area contributed by atoms with Crippen molar-refractivity contribution >= 4 is 45.0 Å². The predicted molar refractivity (Wildman–Crippen MR) is 130 cm³/mol. The van der Waals surface area contributed by atoms with Crippen molar-refractivity contribution in [2.24, 2.45) is 0 Å². The second kappa shape index (κ2) is 8.26. The molecule has 4 aromatic rings. The fraction of sp³-hybridized carbons (Fsp3) is 0.154. The van der Waals surface area contributed by atoms with Crippen molar-refractivity contribution in [1.82, 2.24) is 9.88 Å². The van der Waals surface area contributed by atoms with Crippen molar-refractivity contribution in [3.8, 4) is 11.3 Å². The summed E-state index contributed by atoms with van der Waals surface area (Å²) in [5, 5.41) is 7.45. The third-order valence-corrected chi connectivity index (χ3v) is 6.74. The topological polar surface area (TPSA) is 79.4 Å². The van der Waals surface area contributed by atoms with Crippen molar-refractivity contribution < 1.29 is 14.4 Å². The van der Waals surface area contributed by atoms with Crippen molar-refractivity contribution in [2.45, 2.75) is 26.3 Å². The Morgan fingerprint density at radius 1 is 1.00 bits per heavy atom. The number of nitrogens with one attached hydrogen (secondary N) is 1. The van der Waals surface area contributed by atoms with Gasteiger partial charge in [0.15, 0.2) is 5.13 Å². The molecule has 0 bridgehead atoms. The second-order valence-electron chi connectivity index (χ2n) is 8.05. The van der Waals surface area contributed by atoms with Gasteiger partial charge >= 0.3 is 0 Å². The average molecular weight is 456 g/mol. The number of fused-ring (bicyclic) bond motifs is 2. The number of carbonyl (C=O) groups excluding carboxylic acids is 3. The first-order valence-corrected chi connectivity index (χ1v) is 11.6. The number of imide groups is 1. The van der Waals surface area contributed by atoms with Gasteiger partial charge in [-0.2, -0.15) is 0 Å². The molecule has 1 aliphatic rings. The first-order chi connectivity index (χ1) is 16.0. The van der Waals surface area contributed by atoms with Crippen LogP contribution in [0.5, 0.6) is 0 Å². The van der Waals surface area contributed by atoms with Crippen LogP contribution < -0.4 is 5.32 Å². The number of benzene rings is 3. The quantitative estimate of drug-likeness (QED) is 0.397. The lowest BCUT2D eigenvalue weighted by atomic mass is 10.1. The summed E-state index contributed by atoms with van der Waals surface area (Å²) in [5.74, 6) is -1.04. The molecule has 5 rings (SSSR count). The van der Waals surface area contributed by atoms with Crippen molar-refractivity contribution in [2.75, 3.05) is 5.32 Å². The molecule has 0 spiro atoms. The number of carbonyl (C=O) groups is 3. The summed E-state index contributed by atoms with van der Waals surface area (Å²) in [6.45, 7) is 3.76. The zero-order valence-corrected chi connectivity index (χ0v) is 19.0. The molecule has 7 heteroatoms. The summed E-state index contributed by atoms with van der Waals surface area (Å²) < 4.78 is 0. The first kappa shape index (κ1) is 21.0. The van der Waals surface area contributed by atoms with Gasteiger partial charge in [-0.3, -0.25) is 24.6 Å². The first-order valence-electron chi connectivity index (χ1n) is 10.7. The molecular weight excluding hydrogens is 434 g/mol. The molecule has 0 aliphatic carbocycles. The molecule has 0 radical (unpaired) electrons. The van der Waals surface area contributed by atoms with E-state index in [4.69, 9.17) is 0 Å². The Kier molecular flexibility index (Phi) is 5.26. The molecule has 0 saturated heterocycles. The molecule has 164 valence electrons. The highest BCUT2D eigenvalue weighted by molar-refractivity contribution is 7.14. The molecule has 1 N–H and O–H groups in total. The summed E-state index contributed by atoms with van der Waals surface area (Å²) in [6.07, 6.45) is 0.669. The number of hydrogen-bond acceptors (Lipinski definition) is 5. The lowest BCUT2D eigenvalue weighted by Gasteiger charge is -2.20. The number of anilines is 1. The van der Waals surface area contributed by atoms with Crippen LogP contribution in [-0.2, 0) is 0 Å². The van der Waals surface area contributed by atoms with Crippen LogP contribution in [-0.4, -0.2) is 33.6 Å². The maximum Gasteiger partial charge on any atom is 0.261 e. The SMILES string of the molecule is CCC(C)N1C(=O)c2ccc(C(=O)Nc3nc(-c4ccc5ccccc5c4)cs3)cc2C1=O. The van der Waals surface area contributed by atoms with E-state index in [0.29, 0.717) is 22.7 Å². The molecule has 1 unspecified atom stereocenters. The van der Waals surface area contributed by atoms with Gasteiger partial charge in [0.05, 0.1) is 16.8 Å². The fourth-order valence-corrected chi connectivity index (χ4v) is 4.68. The van der Waals surface area contributed by atoms with Gasteiger partial charge in [0.25, 0.3) is 17.7 Å². The molecule has 3 aromatic carbocycles. The van der Waals surface area contributed by atoms with Gasteiger partial charge in [-0.1, -0.05) is 43.3 Å². The lowest BCUT2D eigenvalue weighted by Crippen LogP contribution is -2.37. The zero-order valence-electron chi connectivity index (χ0n) is 18.2. The van der Waals surface area contributed by atoms with Crippen LogP contribution in [0.4, 0.5) is 5.13 Å². The number of nitrogens with zero attached hydrogens (tertiary/aromatic N) is 2. The molecule has 6 nitrogen and oxygen atoms in total. The van der Waals surface area contributed by atoms with Crippen LogP contribution in [0.15, 0.2) is 66.0 Å². The van der Waals surface area contributed by atoms with E-state index in [1.807, 2.05) is 43.5 Å². The van der Waals surface area contributed by atoms with E-state index in [1.54, 1.807) is 12.1 Å². The molecule has 2 heterocycles. The van der Waals surface area contributed by atoms with Crippen LogP contribution in [0.2, 0.25) is 0 Å². The monoisotopic (exact) mass is 455 g/mol. The van der Waals surface area contributed by atoms with Crippen molar-refractivity contribution in [1.29, 1.82) is 0 Å². The van der Waals surface area contributed by atoms with E-state index >= 15 is 0 Å². The standard InChI is InChI=1S/C26H21N3O3S/c1-3-15(2)29-24(31)20-11-10-19(13-21(20)25(29)32)23(30)28-26-27-22(14-33-26)18-9-8-16-6-4-5-7-17(16)12-18/h4-15H,3H2,1-2H3,(H,27,28,30). The minimum Gasteiger partial charge on any atom is -0.298 e. The minimum absolute atomic E-state index is 0.196. The molecule has 3 amide bonds. The average Bonchev–Trinajstić information content (AvgIpc) is 3.40. The van der Waals surface area contributed by atoms with Crippen LogP contribution in [0.25, 0.3) is 22.0 Å². The Bertz CT molecular complexity index is 1430. The van der Waals surface area contributed by atoms with Crippen molar-refractivity contribution in [3.05, 3.63) is 82.7 Å². The van der Waals surface area contributed by atoms with Crippen LogP contribution in [0.1, 0.15) is 51.3 Å². The van der Waals surface area contributed by atoms with E-state index in [9.17, 15) is 14.4 Å². The molecule has 0 saturated carbocycles. The molecule has 0 fully saturated rings. The summed E-state index contributed by atoms with van der Waals surface area (Å²) in [4.78, 5) is 44.0. The highest BCUT2D eigenvalue weighted by Gasteiger charge is 2.38. The van der Waals surface area contributed by atoms with Crippen LogP contribution >= 0.6 is 11.3 Å². The van der Waals surface area contributed by atoms with Crippen LogP contribution in [0, 0.1) is 0 Å². The van der Waals surface area contributed by atoms with Gasteiger partial charge in [-0.15, -0.1) is 11.3 Å². The van der Waals surface area contributed by atoms with E-state index in [-0.39, 0.29) is 29.3 Å². The maximum atomic E-state index is 12.8. The number of aromatic nitrogens is 1. The number of amides is 3. The van der Waals surface area contributed by atoms with E-state index in [1.165, 1.54) is 22.3 Å². The lowest BCUT2D eigenvalue weighted by molar-refractivity contribution is 0.0593. The molecular formula is C26H21N3O3S. The minimum atomic E-state index is -0.376. The molecule has 33 heavy (non-hydrogen) atoms. The van der Waals surface area contributed by atoms with Crippen LogP contribution in [0.3, 0.4) is 0 Å². The Balaban J connectivity index is 1.36. The summed E-state index contributed by atoms with van der Waals surface area (Å²) in [5.41, 5.74) is 2.66. The Morgan fingerprint density at radius 2 is 1.76 bits per heavy atom. The number of hydrogen-bond donors (Lipinski definition) is 1. The predicted octanol–water partition coefficient (Wildman–Crippen LogP) is 5.61. The summed E-state index contributed by atoms with van der Waals surface area (Å²) >= 11 is 1.33. The summed E-state index contributed by atoms with van der Waals surface area (Å²) in [7, 11) is 0. The Labute approximate surface area is 194 Å². The van der Waals surface area contributed by atoms with Gasteiger partial charge in [-0.25, -0.2) is 4.98 Å². The number of thiazole rings is 1. The fourth-order valence-electron chi connectivity index (χ4n) is 3.97. The third-order valence-electron chi connectivity index (χ3n) is 5.98. The van der Waals surface area contributed by atoms with E-state index < -0.39 is 0 Å². The van der Waals surface area contributed by atoms with Gasteiger partial charge in [0.2, 0.25) is 0 Å². The second-order valence-corrected chi connectivity index (χ2v) is 8.91. The molecule has 1 aromatic heterocycles. The van der Waals surface area contributed by atoms with E-state index in [0.717, 1.165) is 22.0 Å². The highest BCUT2D eigenvalue weighted by Crippen LogP contribution is 2.29. The van der Waals surface area contributed by atoms with E-state index in [2.05, 4.69) is 28.5 Å². The number of rotatable bonds is 5. The Morgan fingerprint density at radius 3 is 2.55 bits per heavy atom. The zero-order chi connectivity index (χ0) is 23.1. The Hall–Kier alpha value is -3.84. The van der Waals surface area contributed by atoms with Gasteiger partial charge in [-0.05, 0) is 48.4 Å². The normalized spacial score (nSPS) is 13.9. The molecule has 1 aliphatic heterocycles. The highest BCUT2D eigenvalue weighted by atomic mass is 32.1.